The minimum Gasteiger partial charge on any atom is -0.495 e. The fourth-order valence-electron chi connectivity index (χ4n) is 3.95. The number of rotatable bonds is 5. The van der Waals surface area contributed by atoms with Crippen molar-refractivity contribution in [3.05, 3.63) is 48.2 Å². The van der Waals surface area contributed by atoms with Crippen LogP contribution in [-0.4, -0.2) is 75.5 Å². The van der Waals surface area contributed by atoms with E-state index in [2.05, 4.69) is 26.2 Å². The Hall–Kier alpha value is -3.00. The summed E-state index contributed by atoms with van der Waals surface area (Å²) in [6.07, 6.45) is 1.80. The smallest absolute Gasteiger partial charge is 0.317 e. The van der Waals surface area contributed by atoms with Gasteiger partial charge in [0.1, 0.15) is 11.6 Å². The number of ether oxygens (including phenoxy) is 2. The number of urea groups is 1. The number of benzene rings is 1. The van der Waals surface area contributed by atoms with Gasteiger partial charge in [0, 0.05) is 57.6 Å². The molecule has 1 aromatic heterocycles. The number of hydrogen-bond donors (Lipinski definition) is 1. The molecule has 3 heterocycles. The highest BCUT2D eigenvalue weighted by atomic mass is 16.5. The van der Waals surface area contributed by atoms with Crippen LogP contribution in [0.15, 0.2) is 42.6 Å². The lowest BCUT2D eigenvalue weighted by atomic mass is 10.2. The number of hydrogen-bond acceptors (Lipinski definition) is 6. The van der Waals surface area contributed by atoms with Crippen LogP contribution in [0.1, 0.15) is 5.56 Å². The number of piperazine rings is 1. The maximum atomic E-state index is 12.7. The second-order valence-corrected chi connectivity index (χ2v) is 7.39. The molecule has 4 rings (SSSR count). The third kappa shape index (κ3) is 4.59. The molecule has 160 valence electrons. The van der Waals surface area contributed by atoms with Crippen molar-refractivity contribution in [2.45, 2.75) is 6.54 Å². The number of para-hydroxylation sites is 2. The van der Waals surface area contributed by atoms with E-state index >= 15 is 0 Å². The van der Waals surface area contributed by atoms with Gasteiger partial charge in [-0.3, -0.25) is 0 Å². The number of carbonyl (C=O) groups is 1. The van der Waals surface area contributed by atoms with E-state index in [1.807, 2.05) is 35.2 Å². The average molecular weight is 412 g/mol. The lowest BCUT2D eigenvalue weighted by molar-refractivity contribution is 0.122. The van der Waals surface area contributed by atoms with Crippen LogP contribution in [0.5, 0.6) is 5.75 Å². The first-order chi connectivity index (χ1) is 14.8. The first kappa shape index (κ1) is 20.3. The van der Waals surface area contributed by atoms with Crippen molar-refractivity contribution in [1.29, 1.82) is 0 Å². The van der Waals surface area contributed by atoms with E-state index in [1.54, 1.807) is 13.3 Å². The zero-order chi connectivity index (χ0) is 20.8. The molecule has 2 aliphatic heterocycles. The number of pyridine rings is 1. The lowest BCUT2D eigenvalue weighted by Gasteiger charge is -2.36. The summed E-state index contributed by atoms with van der Waals surface area (Å²) in [4.78, 5) is 23.6. The van der Waals surface area contributed by atoms with E-state index in [0.29, 0.717) is 32.8 Å². The topological polar surface area (TPSA) is 70.2 Å². The van der Waals surface area contributed by atoms with Crippen LogP contribution in [0.2, 0.25) is 0 Å². The van der Waals surface area contributed by atoms with Crippen LogP contribution < -0.4 is 19.9 Å². The molecule has 1 aromatic carbocycles. The number of aromatic nitrogens is 1. The van der Waals surface area contributed by atoms with E-state index in [1.165, 1.54) is 0 Å². The number of anilines is 2. The highest BCUT2D eigenvalue weighted by Crippen LogP contribution is 2.28. The van der Waals surface area contributed by atoms with Crippen LogP contribution in [-0.2, 0) is 11.3 Å². The lowest BCUT2D eigenvalue weighted by Crippen LogP contribution is -2.51. The van der Waals surface area contributed by atoms with Gasteiger partial charge in [0.2, 0.25) is 0 Å². The SMILES string of the molecule is COc1ccccc1N1CCN(C(=O)NCc2cccnc2N2CCOCC2)CC1. The molecular weight excluding hydrogens is 382 g/mol. The van der Waals surface area contributed by atoms with Gasteiger partial charge in [-0.15, -0.1) is 0 Å². The summed E-state index contributed by atoms with van der Waals surface area (Å²) >= 11 is 0. The molecule has 0 bridgehead atoms. The molecule has 0 spiro atoms. The van der Waals surface area contributed by atoms with Crippen molar-refractivity contribution in [2.75, 3.05) is 69.4 Å². The quantitative estimate of drug-likeness (QED) is 0.811. The van der Waals surface area contributed by atoms with Gasteiger partial charge in [-0.05, 0) is 18.2 Å². The van der Waals surface area contributed by atoms with Crippen LogP contribution >= 0.6 is 0 Å². The molecule has 0 aliphatic carbocycles. The molecular formula is C22H29N5O3. The zero-order valence-electron chi connectivity index (χ0n) is 17.4. The van der Waals surface area contributed by atoms with E-state index in [0.717, 1.165) is 49.0 Å². The molecule has 0 radical (unpaired) electrons. The zero-order valence-corrected chi connectivity index (χ0v) is 17.4. The molecule has 8 nitrogen and oxygen atoms in total. The van der Waals surface area contributed by atoms with Gasteiger partial charge in [-0.2, -0.15) is 0 Å². The van der Waals surface area contributed by atoms with Gasteiger partial charge in [-0.1, -0.05) is 18.2 Å². The van der Waals surface area contributed by atoms with Gasteiger partial charge in [0.15, 0.2) is 0 Å². The average Bonchev–Trinajstić information content (AvgIpc) is 2.83. The molecule has 30 heavy (non-hydrogen) atoms. The van der Waals surface area contributed by atoms with Crippen molar-refractivity contribution >= 4 is 17.5 Å². The number of amides is 2. The predicted molar refractivity (Wildman–Crippen MR) is 116 cm³/mol. The summed E-state index contributed by atoms with van der Waals surface area (Å²) in [6, 6.07) is 11.9. The predicted octanol–water partition coefficient (Wildman–Crippen LogP) is 1.96. The molecule has 2 aliphatic rings. The van der Waals surface area contributed by atoms with Crippen LogP contribution in [0.4, 0.5) is 16.3 Å². The molecule has 2 amide bonds. The Labute approximate surface area is 177 Å². The number of morpholine rings is 1. The molecule has 2 aromatic rings. The summed E-state index contributed by atoms with van der Waals surface area (Å²) in [5.74, 6) is 1.80. The van der Waals surface area contributed by atoms with Crippen LogP contribution in [0.3, 0.4) is 0 Å². The van der Waals surface area contributed by atoms with Crippen molar-refractivity contribution in [2.24, 2.45) is 0 Å². The normalized spacial score (nSPS) is 17.0. The molecule has 2 saturated heterocycles. The fraction of sp³-hybridized carbons (Fsp3) is 0.455. The minimum atomic E-state index is -0.0357. The second-order valence-electron chi connectivity index (χ2n) is 7.39. The highest BCUT2D eigenvalue weighted by Gasteiger charge is 2.23. The van der Waals surface area contributed by atoms with Gasteiger partial charge in [0.25, 0.3) is 0 Å². The Kier molecular flexibility index (Phi) is 6.53. The number of nitrogens with zero attached hydrogens (tertiary/aromatic N) is 4. The first-order valence-corrected chi connectivity index (χ1v) is 10.4. The maximum Gasteiger partial charge on any atom is 0.317 e. The van der Waals surface area contributed by atoms with E-state index < -0.39 is 0 Å². The summed E-state index contributed by atoms with van der Waals surface area (Å²) < 4.78 is 10.9. The monoisotopic (exact) mass is 411 g/mol. The number of nitrogens with one attached hydrogen (secondary N) is 1. The fourth-order valence-corrected chi connectivity index (χ4v) is 3.95. The standard InChI is InChI=1S/C22H29N5O3/c1-29-20-7-3-2-6-19(20)25-9-11-27(12-10-25)22(28)24-17-18-5-4-8-23-21(18)26-13-15-30-16-14-26/h2-8H,9-17H2,1H3,(H,24,28). The van der Waals surface area contributed by atoms with Crippen LogP contribution in [0.25, 0.3) is 0 Å². The summed E-state index contributed by atoms with van der Waals surface area (Å²) in [5.41, 5.74) is 2.10. The van der Waals surface area contributed by atoms with Gasteiger partial charge in [0.05, 0.1) is 26.0 Å². The maximum absolute atomic E-state index is 12.7. The molecule has 0 unspecified atom stereocenters. The van der Waals surface area contributed by atoms with Crippen molar-refractivity contribution in [3.8, 4) is 5.75 Å². The third-order valence-electron chi connectivity index (χ3n) is 5.60. The highest BCUT2D eigenvalue weighted by molar-refractivity contribution is 5.75. The van der Waals surface area contributed by atoms with Gasteiger partial charge in [-0.25, -0.2) is 9.78 Å². The summed E-state index contributed by atoms with van der Waals surface area (Å²) in [6.45, 7) is 6.43. The van der Waals surface area contributed by atoms with Gasteiger partial charge >= 0.3 is 6.03 Å². The molecule has 2 fully saturated rings. The Morgan fingerprint density at radius 1 is 1.03 bits per heavy atom. The summed E-state index contributed by atoms with van der Waals surface area (Å²) in [5, 5.41) is 3.07. The second kappa shape index (κ2) is 9.67. The Morgan fingerprint density at radius 2 is 1.80 bits per heavy atom. The Morgan fingerprint density at radius 3 is 2.57 bits per heavy atom. The largest absolute Gasteiger partial charge is 0.495 e. The van der Waals surface area contributed by atoms with E-state index in [-0.39, 0.29) is 6.03 Å². The number of methoxy groups -OCH3 is 1. The van der Waals surface area contributed by atoms with Gasteiger partial charge < -0.3 is 29.5 Å². The summed E-state index contributed by atoms with van der Waals surface area (Å²) in [7, 11) is 1.69. The van der Waals surface area contributed by atoms with Crippen molar-refractivity contribution in [1.82, 2.24) is 15.2 Å². The van der Waals surface area contributed by atoms with Crippen molar-refractivity contribution < 1.29 is 14.3 Å². The number of carbonyl (C=O) groups excluding carboxylic acids is 1. The first-order valence-electron chi connectivity index (χ1n) is 10.4. The minimum absolute atomic E-state index is 0.0357. The Bertz CT molecular complexity index is 848. The molecule has 0 atom stereocenters. The Balaban J connectivity index is 1.32. The van der Waals surface area contributed by atoms with E-state index in [9.17, 15) is 4.79 Å². The van der Waals surface area contributed by atoms with Crippen molar-refractivity contribution in [3.63, 3.8) is 0 Å². The third-order valence-corrected chi connectivity index (χ3v) is 5.60. The molecule has 1 N–H and O–H groups in total. The van der Waals surface area contributed by atoms with E-state index in [4.69, 9.17) is 9.47 Å². The van der Waals surface area contributed by atoms with Crippen LogP contribution in [0, 0.1) is 0 Å². The molecule has 8 heteroatoms. The molecule has 0 saturated carbocycles.